The van der Waals surface area contributed by atoms with Gasteiger partial charge >= 0.3 is 0 Å². The largest absolute Gasteiger partial charge is 0.374 e. The zero-order chi connectivity index (χ0) is 13.0. The van der Waals surface area contributed by atoms with Crippen molar-refractivity contribution in [1.82, 2.24) is 10.6 Å². The highest BCUT2D eigenvalue weighted by Gasteiger charge is 2.17. The van der Waals surface area contributed by atoms with Crippen LogP contribution in [0, 0.1) is 12.7 Å². The van der Waals surface area contributed by atoms with Crippen LogP contribution in [0.5, 0.6) is 0 Å². The van der Waals surface area contributed by atoms with E-state index in [-0.39, 0.29) is 11.7 Å². The van der Waals surface area contributed by atoms with Crippen LogP contribution in [-0.4, -0.2) is 38.3 Å². The average molecular weight is 252 g/mol. The van der Waals surface area contributed by atoms with Crippen molar-refractivity contribution in [3.8, 4) is 0 Å². The molecule has 0 saturated carbocycles. The molecule has 1 aromatic carbocycles. The summed E-state index contributed by atoms with van der Waals surface area (Å²) in [5, 5.41) is 5.86. The van der Waals surface area contributed by atoms with E-state index in [0.717, 1.165) is 6.54 Å². The van der Waals surface area contributed by atoms with Crippen molar-refractivity contribution in [2.45, 2.75) is 13.0 Å². The smallest absolute Gasteiger partial charge is 0.254 e. The van der Waals surface area contributed by atoms with Gasteiger partial charge in [0.2, 0.25) is 0 Å². The van der Waals surface area contributed by atoms with Crippen molar-refractivity contribution >= 4 is 5.91 Å². The molecule has 0 bridgehead atoms. The van der Waals surface area contributed by atoms with Gasteiger partial charge in [0.15, 0.2) is 0 Å². The summed E-state index contributed by atoms with van der Waals surface area (Å²) in [4.78, 5) is 11.8. The third kappa shape index (κ3) is 3.05. The van der Waals surface area contributed by atoms with Crippen molar-refractivity contribution < 1.29 is 13.9 Å². The molecule has 1 amide bonds. The molecule has 1 aromatic rings. The molecule has 0 aromatic heterocycles. The predicted molar refractivity (Wildman–Crippen MR) is 66.1 cm³/mol. The lowest BCUT2D eigenvalue weighted by molar-refractivity contribution is 0.0287. The van der Waals surface area contributed by atoms with Crippen molar-refractivity contribution in [2.75, 3.05) is 26.2 Å². The Morgan fingerprint density at radius 3 is 3.17 bits per heavy atom. The first kappa shape index (κ1) is 13.0. The van der Waals surface area contributed by atoms with Crippen LogP contribution in [0.2, 0.25) is 0 Å². The van der Waals surface area contributed by atoms with Crippen LogP contribution in [0.3, 0.4) is 0 Å². The lowest BCUT2D eigenvalue weighted by atomic mass is 10.1. The minimum atomic E-state index is -0.460. The fraction of sp³-hybridized carbons (Fsp3) is 0.462. The number of hydrogen-bond acceptors (Lipinski definition) is 3. The maximum absolute atomic E-state index is 13.7. The molecule has 0 spiro atoms. The minimum absolute atomic E-state index is 0.0458. The number of nitrogens with one attached hydrogen (secondary N) is 2. The summed E-state index contributed by atoms with van der Waals surface area (Å²) in [6.45, 7) is 4.20. The fourth-order valence-electron chi connectivity index (χ4n) is 1.88. The second-order valence-corrected chi connectivity index (χ2v) is 4.34. The minimum Gasteiger partial charge on any atom is -0.374 e. The number of hydrogen-bond donors (Lipinski definition) is 2. The third-order valence-electron chi connectivity index (χ3n) is 2.93. The van der Waals surface area contributed by atoms with Crippen molar-refractivity contribution in [2.24, 2.45) is 0 Å². The summed E-state index contributed by atoms with van der Waals surface area (Å²) in [5.41, 5.74) is 0.553. The van der Waals surface area contributed by atoms with Crippen LogP contribution in [0.15, 0.2) is 18.2 Å². The number of halogens is 1. The molecule has 98 valence electrons. The van der Waals surface area contributed by atoms with Gasteiger partial charge in [-0.2, -0.15) is 0 Å². The van der Waals surface area contributed by atoms with Gasteiger partial charge < -0.3 is 15.4 Å². The molecule has 1 atom stereocenters. The molecule has 1 fully saturated rings. The monoisotopic (exact) mass is 252 g/mol. The van der Waals surface area contributed by atoms with Crippen molar-refractivity contribution in [3.05, 3.63) is 35.1 Å². The molecule has 1 aliphatic heterocycles. The number of amides is 1. The van der Waals surface area contributed by atoms with Crippen LogP contribution in [0.4, 0.5) is 4.39 Å². The summed E-state index contributed by atoms with van der Waals surface area (Å²) in [6, 6.07) is 4.80. The van der Waals surface area contributed by atoms with Gasteiger partial charge in [-0.25, -0.2) is 4.39 Å². The molecule has 1 unspecified atom stereocenters. The number of carbonyl (C=O) groups is 1. The SMILES string of the molecule is Cc1cccc(C(=O)NCC2CNCCO2)c1F. The second kappa shape index (κ2) is 5.93. The Hall–Kier alpha value is -1.46. The second-order valence-electron chi connectivity index (χ2n) is 4.34. The quantitative estimate of drug-likeness (QED) is 0.838. The number of benzene rings is 1. The number of ether oxygens (including phenoxy) is 1. The maximum Gasteiger partial charge on any atom is 0.254 e. The Kier molecular flexibility index (Phi) is 4.28. The van der Waals surface area contributed by atoms with E-state index < -0.39 is 11.7 Å². The van der Waals surface area contributed by atoms with E-state index >= 15 is 0 Å². The summed E-state index contributed by atoms with van der Waals surface area (Å²) in [5.74, 6) is -0.858. The molecule has 2 N–H and O–H groups in total. The molecule has 1 heterocycles. The van der Waals surface area contributed by atoms with Crippen LogP contribution in [0.1, 0.15) is 15.9 Å². The fourth-order valence-corrected chi connectivity index (χ4v) is 1.88. The van der Waals surface area contributed by atoms with E-state index in [1.165, 1.54) is 6.07 Å². The first-order valence-corrected chi connectivity index (χ1v) is 6.04. The van der Waals surface area contributed by atoms with Crippen molar-refractivity contribution in [3.63, 3.8) is 0 Å². The Morgan fingerprint density at radius 1 is 1.61 bits per heavy atom. The number of morpholine rings is 1. The summed E-state index contributed by atoms with van der Waals surface area (Å²) < 4.78 is 19.2. The Morgan fingerprint density at radius 2 is 2.44 bits per heavy atom. The molecule has 18 heavy (non-hydrogen) atoms. The van der Waals surface area contributed by atoms with Gasteiger partial charge in [-0.05, 0) is 18.6 Å². The predicted octanol–water partition coefficient (Wildman–Crippen LogP) is 0.852. The van der Waals surface area contributed by atoms with E-state index in [2.05, 4.69) is 10.6 Å². The van der Waals surface area contributed by atoms with Gasteiger partial charge in [-0.3, -0.25) is 4.79 Å². The Bertz CT molecular complexity index is 431. The van der Waals surface area contributed by atoms with E-state index in [0.29, 0.717) is 25.3 Å². The molecule has 0 aliphatic carbocycles. The molecule has 2 rings (SSSR count). The highest BCUT2D eigenvalue weighted by molar-refractivity contribution is 5.94. The maximum atomic E-state index is 13.7. The summed E-state index contributed by atoms with van der Waals surface area (Å²) in [7, 11) is 0. The zero-order valence-corrected chi connectivity index (χ0v) is 10.3. The lowest BCUT2D eigenvalue weighted by Crippen LogP contribution is -2.45. The van der Waals surface area contributed by atoms with E-state index in [1.54, 1.807) is 19.1 Å². The van der Waals surface area contributed by atoms with Gasteiger partial charge in [0.1, 0.15) is 5.82 Å². The topological polar surface area (TPSA) is 50.4 Å². The molecule has 1 aliphatic rings. The highest BCUT2D eigenvalue weighted by atomic mass is 19.1. The lowest BCUT2D eigenvalue weighted by Gasteiger charge is -2.23. The van der Waals surface area contributed by atoms with Gasteiger partial charge in [0, 0.05) is 19.6 Å². The first-order valence-electron chi connectivity index (χ1n) is 6.04. The van der Waals surface area contributed by atoms with Gasteiger partial charge in [0.25, 0.3) is 5.91 Å². The molecule has 0 radical (unpaired) electrons. The van der Waals surface area contributed by atoms with Crippen molar-refractivity contribution in [1.29, 1.82) is 0 Å². The van der Waals surface area contributed by atoms with E-state index in [1.807, 2.05) is 0 Å². The average Bonchev–Trinajstić information content (AvgIpc) is 2.40. The summed E-state index contributed by atoms with van der Waals surface area (Å²) >= 11 is 0. The summed E-state index contributed by atoms with van der Waals surface area (Å²) in [6.07, 6.45) is -0.0458. The van der Waals surface area contributed by atoms with Crippen LogP contribution < -0.4 is 10.6 Å². The van der Waals surface area contributed by atoms with E-state index in [4.69, 9.17) is 4.74 Å². The zero-order valence-electron chi connectivity index (χ0n) is 10.3. The third-order valence-corrected chi connectivity index (χ3v) is 2.93. The first-order chi connectivity index (χ1) is 8.68. The van der Waals surface area contributed by atoms with Crippen LogP contribution in [-0.2, 0) is 4.74 Å². The van der Waals surface area contributed by atoms with Gasteiger partial charge in [-0.15, -0.1) is 0 Å². The molecule has 4 nitrogen and oxygen atoms in total. The number of carbonyl (C=O) groups excluding carboxylic acids is 1. The van der Waals surface area contributed by atoms with Crippen LogP contribution >= 0.6 is 0 Å². The van der Waals surface area contributed by atoms with E-state index in [9.17, 15) is 9.18 Å². The van der Waals surface area contributed by atoms with Crippen LogP contribution in [0.25, 0.3) is 0 Å². The standard InChI is InChI=1S/C13H17FN2O2/c1-9-3-2-4-11(12(9)14)13(17)16-8-10-7-15-5-6-18-10/h2-4,10,15H,5-8H2,1H3,(H,16,17). The molecular formula is C13H17FN2O2. The molecule has 1 saturated heterocycles. The normalized spacial score (nSPS) is 19.6. The number of aryl methyl sites for hydroxylation is 1. The number of rotatable bonds is 3. The Labute approximate surface area is 106 Å². The van der Waals surface area contributed by atoms with Gasteiger partial charge in [0.05, 0.1) is 18.3 Å². The van der Waals surface area contributed by atoms with Gasteiger partial charge in [-0.1, -0.05) is 12.1 Å². The highest BCUT2D eigenvalue weighted by Crippen LogP contribution is 2.11. The molecule has 5 heteroatoms. The Balaban J connectivity index is 1.93. The molecular weight excluding hydrogens is 235 g/mol.